The van der Waals surface area contributed by atoms with Crippen LogP contribution >= 0.6 is 0 Å². The van der Waals surface area contributed by atoms with E-state index in [1.807, 2.05) is 19.1 Å². The summed E-state index contributed by atoms with van der Waals surface area (Å²) < 4.78 is 13.2. The molecule has 5 N–H and O–H groups in total. The van der Waals surface area contributed by atoms with Gasteiger partial charge in [0.1, 0.15) is 23.5 Å². The topological polar surface area (TPSA) is 133 Å². The van der Waals surface area contributed by atoms with Gasteiger partial charge in [0.25, 0.3) is 5.91 Å². The molecule has 8 nitrogen and oxygen atoms in total. The Labute approximate surface area is 197 Å². The van der Waals surface area contributed by atoms with Gasteiger partial charge in [-0.25, -0.2) is 9.37 Å². The van der Waals surface area contributed by atoms with E-state index >= 15 is 0 Å². The zero-order valence-corrected chi connectivity index (χ0v) is 18.8. The summed E-state index contributed by atoms with van der Waals surface area (Å²) in [4.78, 5) is 17.2. The van der Waals surface area contributed by atoms with Gasteiger partial charge in [-0.2, -0.15) is 10.4 Å². The SMILES string of the molecule is CC/C(C#CCNc1ncc(C#N)cc1C(=O)N[C@@H](C)c1ccc(F)cc1)=C\c1cn[nH]c1N. The molecule has 1 amide bonds. The molecule has 172 valence electrons. The van der Waals surface area contributed by atoms with Crippen molar-refractivity contribution in [3.05, 3.63) is 76.4 Å². The number of halogens is 1. The van der Waals surface area contributed by atoms with E-state index in [9.17, 15) is 14.4 Å². The molecule has 0 aliphatic rings. The van der Waals surface area contributed by atoms with Gasteiger partial charge in [0.05, 0.1) is 29.9 Å². The normalized spacial score (nSPS) is 11.6. The van der Waals surface area contributed by atoms with Gasteiger partial charge in [-0.15, -0.1) is 0 Å². The number of carbonyl (C=O) groups excluding carboxylic acids is 1. The van der Waals surface area contributed by atoms with Crippen molar-refractivity contribution in [1.82, 2.24) is 20.5 Å². The molecule has 1 atom stereocenters. The molecule has 3 aromatic rings. The first kappa shape index (κ1) is 24.0. The van der Waals surface area contributed by atoms with E-state index in [1.54, 1.807) is 25.3 Å². The predicted octanol–water partition coefficient (Wildman–Crippen LogP) is 3.80. The molecule has 34 heavy (non-hydrogen) atoms. The number of allylic oxidation sites excluding steroid dienone is 1. The van der Waals surface area contributed by atoms with Gasteiger partial charge in [-0.1, -0.05) is 30.9 Å². The third-order valence-corrected chi connectivity index (χ3v) is 4.98. The Morgan fingerprint density at radius 3 is 2.74 bits per heavy atom. The lowest BCUT2D eigenvalue weighted by Gasteiger charge is -2.16. The minimum Gasteiger partial charge on any atom is -0.384 e. The van der Waals surface area contributed by atoms with Crippen molar-refractivity contribution in [2.45, 2.75) is 26.3 Å². The minimum absolute atomic E-state index is 0.215. The number of hydrogen-bond acceptors (Lipinski definition) is 6. The van der Waals surface area contributed by atoms with Crippen molar-refractivity contribution in [1.29, 1.82) is 5.26 Å². The first-order valence-electron chi connectivity index (χ1n) is 10.6. The Morgan fingerprint density at radius 2 is 2.09 bits per heavy atom. The van der Waals surface area contributed by atoms with Crippen LogP contribution in [0.25, 0.3) is 6.08 Å². The smallest absolute Gasteiger partial charge is 0.255 e. The van der Waals surface area contributed by atoms with Crippen molar-refractivity contribution < 1.29 is 9.18 Å². The van der Waals surface area contributed by atoms with Crippen LogP contribution in [-0.2, 0) is 0 Å². The molecule has 3 rings (SSSR count). The van der Waals surface area contributed by atoms with Crippen molar-refractivity contribution in [2.75, 3.05) is 17.6 Å². The number of nitrogens with zero attached hydrogens (tertiary/aromatic N) is 3. The second kappa shape index (κ2) is 11.3. The van der Waals surface area contributed by atoms with Crippen LogP contribution in [0.3, 0.4) is 0 Å². The van der Waals surface area contributed by atoms with Crippen LogP contribution in [0.1, 0.15) is 53.4 Å². The lowest BCUT2D eigenvalue weighted by molar-refractivity contribution is 0.0940. The number of carbonyl (C=O) groups is 1. The van der Waals surface area contributed by atoms with Crippen LogP contribution in [0.15, 0.2) is 48.3 Å². The van der Waals surface area contributed by atoms with Crippen LogP contribution in [0, 0.1) is 29.0 Å². The lowest BCUT2D eigenvalue weighted by atomic mass is 10.1. The van der Waals surface area contributed by atoms with Gasteiger partial charge < -0.3 is 16.4 Å². The Bertz CT molecular complexity index is 1290. The number of hydrogen-bond donors (Lipinski definition) is 4. The van der Waals surface area contributed by atoms with Gasteiger partial charge in [0.2, 0.25) is 0 Å². The molecule has 0 bridgehead atoms. The third kappa shape index (κ3) is 6.21. The molecule has 0 fully saturated rings. The standard InChI is InChI=1S/C25H24FN7O/c1-3-17(11-20-15-31-33-23(20)28)5-4-10-29-24-22(12-18(13-27)14-30-24)25(34)32-16(2)19-6-8-21(26)9-7-19/h6-9,11-12,14-16H,3,10H2,1-2H3,(H,29,30)(H,32,34)(H3,28,31,33)/b17-11+/t16-/m0/s1. The van der Waals surface area contributed by atoms with Crippen molar-refractivity contribution in [2.24, 2.45) is 0 Å². The summed E-state index contributed by atoms with van der Waals surface area (Å²) in [5.74, 6) is 6.09. The van der Waals surface area contributed by atoms with Crippen molar-refractivity contribution >= 4 is 23.6 Å². The number of anilines is 2. The molecular weight excluding hydrogens is 433 g/mol. The van der Waals surface area contributed by atoms with Crippen molar-refractivity contribution in [3.63, 3.8) is 0 Å². The highest BCUT2D eigenvalue weighted by atomic mass is 19.1. The number of nitrogens with one attached hydrogen (secondary N) is 3. The maximum atomic E-state index is 13.2. The largest absolute Gasteiger partial charge is 0.384 e. The number of amides is 1. The number of aromatic nitrogens is 3. The molecule has 0 saturated heterocycles. The fraction of sp³-hybridized carbons (Fsp3) is 0.200. The van der Waals surface area contributed by atoms with Gasteiger partial charge in [-0.05, 0) is 43.2 Å². The first-order valence-corrected chi connectivity index (χ1v) is 10.6. The highest BCUT2D eigenvalue weighted by Crippen LogP contribution is 2.18. The van der Waals surface area contributed by atoms with E-state index in [0.29, 0.717) is 18.1 Å². The Kier molecular flexibility index (Phi) is 7.98. The number of benzene rings is 1. The summed E-state index contributed by atoms with van der Waals surface area (Å²) in [5.41, 5.74) is 8.66. The van der Waals surface area contributed by atoms with Crippen LogP contribution in [0.2, 0.25) is 0 Å². The number of pyridine rings is 1. The fourth-order valence-electron chi connectivity index (χ4n) is 3.07. The van der Waals surface area contributed by atoms with Crippen molar-refractivity contribution in [3.8, 4) is 17.9 Å². The fourth-order valence-corrected chi connectivity index (χ4v) is 3.07. The van der Waals surface area contributed by atoms with E-state index in [-0.39, 0.29) is 29.5 Å². The van der Waals surface area contributed by atoms with Crippen LogP contribution in [0.4, 0.5) is 16.0 Å². The minimum atomic E-state index is -0.415. The number of nitrogen functional groups attached to an aromatic ring is 1. The second-order valence-corrected chi connectivity index (χ2v) is 7.40. The highest BCUT2D eigenvalue weighted by molar-refractivity contribution is 5.99. The Balaban J connectivity index is 1.73. The number of rotatable bonds is 7. The zero-order chi connectivity index (χ0) is 24.5. The summed E-state index contributed by atoms with van der Waals surface area (Å²) in [7, 11) is 0. The Hall–Kier alpha value is -4.63. The van der Waals surface area contributed by atoms with Gasteiger partial charge >= 0.3 is 0 Å². The van der Waals surface area contributed by atoms with Crippen LogP contribution in [0.5, 0.6) is 0 Å². The number of H-pyrrole nitrogens is 1. The molecule has 0 aliphatic carbocycles. The second-order valence-electron chi connectivity index (χ2n) is 7.40. The molecule has 0 saturated carbocycles. The quantitative estimate of drug-likeness (QED) is 0.399. The number of nitriles is 1. The van der Waals surface area contributed by atoms with Gasteiger partial charge in [0, 0.05) is 17.3 Å². The number of aromatic amines is 1. The average molecular weight is 458 g/mol. The van der Waals surface area contributed by atoms with E-state index in [2.05, 4.69) is 37.7 Å². The molecular formula is C25H24FN7O. The maximum absolute atomic E-state index is 13.2. The lowest BCUT2D eigenvalue weighted by Crippen LogP contribution is -2.28. The molecule has 2 heterocycles. The number of nitrogens with two attached hydrogens (primary N) is 1. The van der Waals surface area contributed by atoms with Crippen LogP contribution in [-0.4, -0.2) is 27.6 Å². The Morgan fingerprint density at radius 1 is 1.32 bits per heavy atom. The summed E-state index contributed by atoms with van der Waals surface area (Å²) in [6.07, 6.45) is 5.58. The van der Waals surface area contributed by atoms with Gasteiger partial charge in [0.15, 0.2) is 0 Å². The van der Waals surface area contributed by atoms with Gasteiger partial charge in [-0.3, -0.25) is 9.89 Å². The molecule has 1 aromatic carbocycles. The first-order chi connectivity index (χ1) is 16.4. The molecule has 0 spiro atoms. The summed E-state index contributed by atoms with van der Waals surface area (Å²) >= 11 is 0. The molecule has 9 heteroatoms. The summed E-state index contributed by atoms with van der Waals surface area (Å²) in [6, 6.07) is 8.96. The molecule has 0 aliphatic heterocycles. The molecule has 0 radical (unpaired) electrons. The highest BCUT2D eigenvalue weighted by Gasteiger charge is 2.17. The molecule has 0 unspecified atom stereocenters. The monoisotopic (exact) mass is 457 g/mol. The average Bonchev–Trinajstić information content (AvgIpc) is 3.25. The predicted molar refractivity (Wildman–Crippen MR) is 129 cm³/mol. The van der Waals surface area contributed by atoms with E-state index in [1.165, 1.54) is 24.4 Å². The van der Waals surface area contributed by atoms with E-state index in [0.717, 1.165) is 16.7 Å². The zero-order valence-electron chi connectivity index (χ0n) is 18.8. The van der Waals surface area contributed by atoms with E-state index in [4.69, 9.17) is 5.73 Å². The maximum Gasteiger partial charge on any atom is 0.255 e. The molecule has 2 aromatic heterocycles. The summed E-state index contributed by atoms with van der Waals surface area (Å²) in [5, 5.41) is 21.7. The van der Waals surface area contributed by atoms with Crippen LogP contribution < -0.4 is 16.4 Å². The third-order valence-electron chi connectivity index (χ3n) is 4.98. The van der Waals surface area contributed by atoms with E-state index < -0.39 is 5.91 Å². The summed E-state index contributed by atoms with van der Waals surface area (Å²) in [6.45, 7) is 4.00.